The Labute approximate surface area is 149 Å². The van der Waals surface area contributed by atoms with Crippen LogP contribution in [-0.2, 0) is 33.5 Å². The quantitative estimate of drug-likeness (QED) is 0.182. The summed E-state index contributed by atoms with van der Waals surface area (Å²) < 4.78 is 4.33. The van der Waals surface area contributed by atoms with E-state index in [1.54, 1.807) is 0 Å². The molecule has 0 saturated carbocycles. The number of aliphatic hydroxyl groups is 1. The first-order chi connectivity index (χ1) is 11.2. The van der Waals surface area contributed by atoms with Crippen molar-refractivity contribution in [2.45, 2.75) is 36.9 Å². The molecule has 0 amide bonds. The van der Waals surface area contributed by atoms with E-state index in [0.29, 0.717) is 0 Å². The number of aliphatic carboxylic acids is 5. The van der Waals surface area contributed by atoms with Gasteiger partial charge in [0, 0.05) is 0 Å². The molecule has 27 heavy (non-hydrogen) atoms. The van der Waals surface area contributed by atoms with Gasteiger partial charge in [0.05, 0.1) is 25.7 Å². The number of rotatable bonds is 11. The van der Waals surface area contributed by atoms with Crippen molar-refractivity contribution < 1.29 is 75.1 Å². The summed E-state index contributed by atoms with van der Waals surface area (Å²) in [6.45, 7) is 0. The fourth-order valence-corrected chi connectivity index (χ4v) is 1.77. The van der Waals surface area contributed by atoms with Gasteiger partial charge in [-0.25, -0.2) is 9.59 Å². The molecule has 0 saturated heterocycles. The molecule has 0 rings (SSSR count). The number of carboxylic acid groups (broad SMARTS) is 5. The van der Waals surface area contributed by atoms with Gasteiger partial charge in [0.2, 0.25) is 5.60 Å². The van der Waals surface area contributed by atoms with Gasteiger partial charge in [-0.3, -0.25) is 19.2 Å². The maximum Gasteiger partial charge on any atom is 0.349 e. The molecule has 0 aliphatic rings. The zero-order chi connectivity index (χ0) is 20.0. The number of hydrogen-bond acceptors (Lipinski definition) is 8. The molecule has 15 nitrogen and oxygen atoms in total. The average molecular weight is 402 g/mol. The summed E-state index contributed by atoms with van der Waals surface area (Å²) in [6.07, 6.45) is -5.94. The van der Waals surface area contributed by atoms with E-state index in [1.807, 2.05) is 0 Å². The van der Waals surface area contributed by atoms with Crippen LogP contribution < -0.4 is 0 Å². The average Bonchev–Trinajstić information content (AvgIpc) is 2.34. The summed E-state index contributed by atoms with van der Waals surface area (Å²) in [5, 5.41) is 53.5. The molecule has 0 spiro atoms. The fraction of sp³-hybridized carbons (Fsp3) is 0.500. The lowest BCUT2D eigenvalue weighted by Crippen LogP contribution is -2.49. The predicted octanol–water partition coefficient (Wildman–Crippen LogP) is -3.67. The van der Waals surface area contributed by atoms with Gasteiger partial charge in [0.25, 0.3) is 0 Å². The zero-order valence-corrected chi connectivity index (χ0v) is 13.4. The highest BCUT2D eigenvalue weighted by molar-refractivity contribution is 5.92. The van der Waals surface area contributed by atoms with Gasteiger partial charge in [-0.15, -0.1) is 0 Å². The third-order valence-corrected chi connectivity index (χ3v) is 2.85. The molecule has 1 atom stereocenters. The Morgan fingerprint density at radius 2 is 1.00 bits per heavy atom. The molecule has 0 radical (unpaired) electrons. The number of ether oxygens (including phenoxy) is 1. The van der Waals surface area contributed by atoms with E-state index >= 15 is 0 Å². The van der Waals surface area contributed by atoms with Crippen molar-refractivity contribution in [2.75, 3.05) is 0 Å². The first kappa shape index (κ1) is 28.5. The van der Waals surface area contributed by atoms with Crippen molar-refractivity contribution in [3.8, 4) is 0 Å². The maximum absolute atomic E-state index is 11.7. The van der Waals surface area contributed by atoms with E-state index in [9.17, 15) is 33.9 Å². The van der Waals surface area contributed by atoms with Crippen molar-refractivity contribution in [3.63, 3.8) is 0 Å². The Bertz CT molecular complexity index is 592. The molecule has 15 heteroatoms. The highest BCUT2D eigenvalue weighted by atomic mass is 16.6. The molecule has 0 aliphatic heterocycles. The van der Waals surface area contributed by atoms with Gasteiger partial charge < -0.3 is 46.3 Å². The number of esters is 1. The summed E-state index contributed by atoms with van der Waals surface area (Å²) in [5.74, 6) is -11.6. The Hall–Kier alpha value is -3.30. The summed E-state index contributed by atoms with van der Waals surface area (Å²) >= 11 is 0. The molecule has 0 aliphatic carbocycles. The van der Waals surface area contributed by atoms with Crippen LogP contribution in [0.2, 0.25) is 0 Å². The normalized spacial score (nSPS) is 12.3. The number of hydrogen-bond donors (Lipinski definition) is 6. The van der Waals surface area contributed by atoms with E-state index in [2.05, 4.69) is 4.74 Å². The van der Waals surface area contributed by atoms with Crippen LogP contribution in [0, 0.1) is 0 Å². The second kappa shape index (κ2) is 10.6. The molecule has 1 unspecified atom stereocenters. The Morgan fingerprint density at radius 3 is 1.26 bits per heavy atom. The predicted molar refractivity (Wildman–Crippen MR) is 77.6 cm³/mol. The lowest BCUT2D eigenvalue weighted by molar-refractivity contribution is -0.191. The molecular weight excluding hydrogens is 384 g/mol. The topological polar surface area (TPSA) is 296 Å². The Morgan fingerprint density at radius 1 is 0.630 bits per heavy atom. The minimum Gasteiger partial charge on any atom is -0.481 e. The molecule has 10 N–H and O–H groups in total. The van der Waals surface area contributed by atoms with Crippen molar-refractivity contribution in [2.24, 2.45) is 0 Å². The van der Waals surface area contributed by atoms with Crippen molar-refractivity contribution in [1.29, 1.82) is 0 Å². The van der Waals surface area contributed by atoms with E-state index in [-0.39, 0.29) is 11.0 Å². The second-order valence-electron chi connectivity index (χ2n) is 5.00. The van der Waals surface area contributed by atoms with Crippen LogP contribution in [0.5, 0.6) is 0 Å². The standard InChI is InChI=1S/C12H14O13.2H2O/c13-5(14)1-11(24,9(20)21)4-8(19)25-12(10(22)23,2-6(15)16)3-7(17)18;;/h24H,1-4H2,(H,13,14)(H,15,16)(H,17,18)(H,20,21)(H,22,23);2*1H2. The van der Waals surface area contributed by atoms with Gasteiger partial charge in [0.15, 0.2) is 5.60 Å². The monoisotopic (exact) mass is 402 g/mol. The van der Waals surface area contributed by atoms with Gasteiger partial charge in [-0.05, 0) is 0 Å². The number of carboxylic acids is 5. The Balaban J connectivity index is -0.00000288. The first-order valence-electron chi connectivity index (χ1n) is 6.30. The van der Waals surface area contributed by atoms with Crippen LogP contribution in [0.3, 0.4) is 0 Å². The van der Waals surface area contributed by atoms with Gasteiger partial charge in [-0.2, -0.15) is 0 Å². The minimum absolute atomic E-state index is 0. The minimum atomic E-state index is -3.17. The summed E-state index contributed by atoms with van der Waals surface area (Å²) in [7, 11) is 0. The number of carbonyl (C=O) groups is 6. The van der Waals surface area contributed by atoms with Crippen molar-refractivity contribution >= 4 is 35.8 Å². The van der Waals surface area contributed by atoms with E-state index in [0.717, 1.165) is 0 Å². The fourth-order valence-electron chi connectivity index (χ4n) is 1.77. The van der Waals surface area contributed by atoms with Crippen LogP contribution in [0.15, 0.2) is 0 Å². The van der Waals surface area contributed by atoms with Crippen LogP contribution >= 0.6 is 0 Å². The van der Waals surface area contributed by atoms with Crippen molar-refractivity contribution in [1.82, 2.24) is 0 Å². The zero-order valence-electron chi connectivity index (χ0n) is 13.4. The SMILES string of the molecule is O.O.O=C(O)CC(O)(CC(=O)OC(CC(=O)O)(CC(=O)O)C(=O)O)C(=O)O. The Kier molecular flexibility index (Phi) is 11.2. The van der Waals surface area contributed by atoms with Crippen LogP contribution in [0.25, 0.3) is 0 Å². The van der Waals surface area contributed by atoms with Crippen LogP contribution in [-0.4, -0.2) is 88.6 Å². The second-order valence-corrected chi connectivity index (χ2v) is 5.00. The molecule has 0 bridgehead atoms. The molecular formula is C12H18O15. The summed E-state index contributed by atoms with van der Waals surface area (Å²) in [4.78, 5) is 66.0. The molecule has 156 valence electrons. The highest BCUT2D eigenvalue weighted by Gasteiger charge is 2.49. The highest BCUT2D eigenvalue weighted by Crippen LogP contribution is 2.25. The number of carbonyl (C=O) groups excluding carboxylic acids is 1. The molecule has 0 aromatic carbocycles. The van der Waals surface area contributed by atoms with Gasteiger partial charge in [-0.1, -0.05) is 0 Å². The van der Waals surface area contributed by atoms with E-state index in [4.69, 9.17) is 25.5 Å². The van der Waals surface area contributed by atoms with Crippen molar-refractivity contribution in [3.05, 3.63) is 0 Å². The lowest BCUT2D eigenvalue weighted by Gasteiger charge is -2.28. The first-order valence-corrected chi connectivity index (χ1v) is 6.30. The third-order valence-electron chi connectivity index (χ3n) is 2.85. The summed E-state index contributed by atoms with van der Waals surface area (Å²) in [5.41, 5.74) is -6.24. The molecule has 0 aromatic rings. The smallest absolute Gasteiger partial charge is 0.349 e. The van der Waals surface area contributed by atoms with Gasteiger partial charge >= 0.3 is 35.8 Å². The molecule has 0 fully saturated rings. The lowest BCUT2D eigenvalue weighted by atomic mass is 9.93. The molecule has 0 aromatic heterocycles. The molecule has 0 heterocycles. The van der Waals surface area contributed by atoms with E-state index < -0.39 is 72.7 Å². The third kappa shape index (κ3) is 8.56. The van der Waals surface area contributed by atoms with Gasteiger partial charge in [0.1, 0.15) is 0 Å². The van der Waals surface area contributed by atoms with Crippen LogP contribution in [0.1, 0.15) is 25.7 Å². The van der Waals surface area contributed by atoms with Crippen LogP contribution in [0.4, 0.5) is 0 Å². The summed E-state index contributed by atoms with van der Waals surface area (Å²) in [6, 6.07) is 0. The largest absolute Gasteiger partial charge is 0.481 e. The van der Waals surface area contributed by atoms with E-state index in [1.165, 1.54) is 0 Å². The maximum atomic E-state index is 11.7.